The summed E-state index contributed by atoms with van der Waals surface area (Å²) in [5, 5.41) is 11.5. The highest BCUT2D eigenvalue weighted by Gasteiger charge is 2.21. The van der Waals surface area contributed by atoms with E-state index in [1.165, 1.54) is 11.5 Å². The summed E-state index contributed by atoms with van der Waals surface area (Å²) in [6.45, 7) is 0. The van der Waals surface area contributed by atoms with Crippen LogP contribution in [-0.4, -0.2) is 10.3 Å². The molecule has 1 aromatic heterocycles. The number of Topliss-reactive ketones (excluding diaryl/α,β-unsaturated/α-hetero) is 1. The molecule has 0 aliphatic heterocycles. The Labute approximate surface area is 85.6 Å². The summed E-state index contributed by atoms with van der Waals surface area (Å²) in [7, 11) is 1.78. The molecule has 0 amide bonds. The summed E-state index contributed by atoms with van der Waals surface area (Å²) in [6, 6.07) is 0. The molecule has 0 spiro atoms. The fourth-order valence-electron chi connectivity index (χ4n) is 1.53. The predicted octanol–water partition coefficient (Wildman–Crippen LogP) is -0.208. The van der Waals surface area contributed by atoms with Crippen molar-refractivity contribution in [2.24, 2.45) is 7.05 Å². The molecule has 0 atom stereocenters. The predicted molar refractivity (Wildman–Crippen MR) is 49.1 cm³/mol. The van der Waals surface area contributed by atoms with Gasteiger partial charge < -0.3 is 5.11 Å². The Morgan fingerprint density at radius 2 is 2.36 bits per heavy atom. The minimum atomic E-state index is -0.0366. The van der Waals surface area contributed by atoms with E-state index in [1.807, 2.05) is 0 Å². The van der Waals surface area contributed by atoms with E-state index in [0.717, 1.165) is 0 Å². The van der Waals surface area contributed by atoms with Crippen LogP contribution >= 0.6 is 11.5 Å². The molecule has 0 bridgehead atoms. The first-order valence-corrected chi connectivity index (χ1v) is 5.22. The SMILES string of the molecule is C[n+]1cc(C2=C([O-])CCCC2=O)sn1. The zero-order chi connectivity index (χ0) is 10.1. The third kappa shape index (κ3) is 1.55. The molecular weight excluding hydrogens is 200 g/mol. The number of hydrogen-bond acceptors (Lipinski definition) is 4. The molecule has 0 saturated heterocycles. The fourth-order valence-corrected chi connectivity index (χ4v) is 2.31. The van der Waals surface area contributed by atoms with Gasteiger partial charge in [-0.25, -0.2) is 0 Å². The van der Waals surface area contributed by atoms with Crippen molar-refractivity contribution in [3.8, 4) is 0 Å². The van der Waals surface area contributed by atoms with E-state index in [1.54, 1.807) is 17.9 Å². The number of carbonyl (C=O) groups excluding carboxylic acids is 1. The Balaban J connectivity index is 2.45. The number of rotatable bonds is 1. The van der Waals surface area contributed by atoms with Gasteiger partial charge in [0.25, 0.3) is 0 Å². The summed E-state index contributed by atoms with van der Waals surface area (Å²) in [6.07, 6.45) is 3.39. The van der Waals surface area contributed by atoms with Gasteiger partial charge >= 0.3 is 0 Å². The van der Waals surface area contributed by atoms with Gasteiger partial charge in [-0.15, -0.1) is 5.76 Å². The van der Waals surface area contributed by atoms with Gasteiger partial charge in [-0.3, -0.25) is 4.79 Å². The maximum absolute atomic E-state index is 11.5. The zero-order valence-corrected chi connectivity index (χ0v) is 8.63. The maximum Gasteiger partial charge on any atom is 0.216 e. The van der Waals surface area contributed by atoms with E-state index in [4.69, 9.17) is 0 Å². The lowest BCUT2D eigenvalue weighted by Crippen LogP contribution is -2.28. The quantitative estimate of drug-likeness (QED) is 0.603. The average molecular weight is 210 g/mol. The fraction of sp³-hybridized carbons (Fsp3) is 0.444. The van der Waals surface area contributed by atoms with Crippen molar-refractivity contribution >= 4 is 22.9 Å². The van der Waals surface area contributed by atoms with Crippen molar-refractivity contribution in [3.05, 3.63) is 16.8 Å². The van der Waals surface area contributed by atoms with Gasteiger partial charge in [0.05, 0.1) is 4.49 Å². The molecule has 1 heterocycles. The lowest BCUT2D eigenvalue weighted by Gasteiger charge is -2.21. The Kier molecular flexibility index (Phi) is 2.33. The van der Waals surface area contributed by atoms with Gasteiger partial charge in [-0.05, 0) is 12.8 Å². The molecule has 1 aromatic rings. The summed E-state index contributed by atoms with van der Waals surface area (Å²) in [4.78, 5) is 12.2. The first-order valence-electron chi connectivity index (χ1n) is 4.45. The van der Waals surface area contributed by atoms with Gasteiger partial charge in [0.15, 0.2) is 12.8 Å². The van der Waals surface area contributed by atoms with Crippen molar-refractivity contribution in [2.45, 2.75) is 19.3 Å². The van der Waals surface area contributed by atoms with E-state index < -0.39 is 0 Å². The summed E-state index contributed by atoms with van der Waals surface area (Å²) in [5.41, 5.74) is 0.356. The van der Waals surface area contributed by atoms with Crippen LogP contribution in [0.4, 0.5) is 0 Å². The number of aromatic nitrogens is 2. The first kappa shape index (κ1) is 9.33. The molecule has 0 fully saturated rings. The standard InChI is InChI=1S/C9H10N2O2S/c1-11-5-8(14-10-11)9-6(12)3-2-4-7(9)13/h5H,2-4H2,1H3. The van der Waals surface area contributed by atoms with E-state index in [-0.39, 0.29) is 11.5 Å². The normalized spacial score (nSPS) is 17.6. The van der Waals surface area contributed by atoms with Crippen LogP contribution in [0.1, 0.15) is 24.1 Å². The van der Waals surface area contributed by atoms with Crippen LogP contribution in [0.15, 0.2) is 12.0 Å². The zero-order valence-electron chi connectivity index (χ0n) is 7.82. The van der Waals surface area contributed by atoms with E-state index in [9.17, 15) is 9.90 Å². The van der Waals surface area contributed by atoms with Crippen LogP contribution in [0.25, 0.3) is 5.57 Å². The molecule has 74 valence electrons. The number of ketones is 1. The second kappa shape index (κ2) is 3.49. The van der Waals surface area contributed by atoms with E-state index >= 15 is 0 Å². The summed E-state index contributed by atoms with van der Waals surface area (Å²) in [5.74, 6) is -0.0731. The lowest BCUT2D eigenvalue weighted by molar-refractivity contribution is -0.722. The van der Waals surface area contributed by atoms with Crippen LogP contribution in [0.5, 0.6) is 0 Å². The van der Waals surface area contributed by atoms with Crippen LogP contribution in [0.2, 0.25) is 0 Å². The second-order valence-corrected chi connectivity index (χ2v) is 4.10. The van der Waals surface area contributed by atoms with Gasteiger partial charge in [-0.1, -0.05) is 4.68 Å². The van der Waals surface area contributed by atoms with Crippen molar-refractivity contribution < 1.29 is 14.6 Å². The van der Waals surface area contributed by atoms with Crippen LogP contribution in [0, 0.1) is 0 Å². The maximum atomic E-state index is 11.5. The van der Waals surface area contributed by atoms with Crippen LogP contribution < -0.4 is 9.79 Å². The smallest absolute Gasteiger partial charge is 0.216 e. The first-order chi connectivity index (χ1) is 6.68. The molecule has 0 saturated carbocycles. The highest BCUT2D eigenvalue weighted by molar-refractivity contribution is 7.07. The third-order valence-electron chi connectivity index (χ3n) is 2.18. The molecule has 0 aromatic carbocycles. The van der Waals surface area contributed by atoms with Crippen molar-refractivity contribution in [2.75, 3.05) is 0 Å². The Morgan fingerprint density at radius 3 is 2.93 bits per heavy atom. The largest absolute Gasteiger partial charge is 0.875 e. The molecule has 5 heteroatoms. The van der Waals surface area contributed by atoms with Crippen molar-refractivity contribution in [3.63, 3.8) is 0 Å². The minimum Gasteiger partial charge on any atom is -0.875 e. The molecule has 4 nitrogen and oxygen atoms in total. The average Bonchev–Trinajstić information content (AvgIpc) is 2.51. The molecular formula is C9H10N2O2S. The van der Waals surface area contributed by atoms with Crippen LogP contribution in [0.3, 0.4) is 0 Å². The number of aryl methyl sites for hydroxylation is 1. The topological polar surface area (TPSA) is 56.9 Å². The summed E-state index contributed by atoms with van der Waals surface area (Å²) < 4.78 is 5.61. The van der Waals surface area contributed by atoms with Crippen LogP contribution in [-0.2, 0) is 11.8 Å². The lowest BCUT2D eigenvalue weighted by atomic mass is 9.96. The molecule has 1 aliphatic carbocycles. The molecule has 0 unspecified atom stereocenters. The molecule has 2 rings (SSSR count). The Hall–Kier alpha value is -1.23. The molecule has 14 heavy (non-hydrogen) atoms. The monoisotopic (exact) mass is 210 g/mol. The minimum absolute atomic E-state index is 0.0366. The van der Waals surface area contributed by atoms with E-state index in [0.29, 0.717) is 29.7 Å². The molecule has 0 radical (unpaired) electrons. The van der Waals surface area contributed by atoms with Gasteiger partial charge in [0, 0.05) is 23.5 Å². The second-order valence-electron chi connectivity index (χ2n) is 3.31. The number of hydrogen-bond donors (Lipinski definition) is 0. The van der Waals surface area contributed by atoms with Gasteiger partial charge in [-0.2, -0.15) is 0 Å². The Morgan fingerprint density at radius 1 is 1.57 bits per heavy atom. The highest BCUT2D eigenvalue weighted by atomic mass is 32.1. The van der Waals surface area contributed by atoms with Crippen molar-refractivity contribution in [1.29, 1.82) is 0 Å². The van der Waals surface area contributed by atoms with Gasteiger partial charge in [0.2, 0.25) is 6.20 Å². The highest BCUT2D eigenvalue weighted by Crippen LogP contribution is 2.27. The van der Waals surface area contributed by atoms with Crippen molar-refractivity contribution in [1.82, 2.24) is 4.49 Å². The number of nitrogens with zero attached hydrogens (tertiary/aromatic N) is 2. The summed E-state index contributed by atoms with van der Waals surface area (Å²) >= 11 is 1.20. The van der Waals surface area contributed by atoms with E-state index in [2.05, 4.69) is 4.49 Å². The van der Waals surface area contributed by atoms with Gasteiger partial charge in [0.1, 0.15) is 4.88 Å². The number of carbonyl (C=O) groups is 1. The molecule has 0 N–H and O–H groups in total. The molecule has 1 aliphatic rings. The Bertz CT molecular complexity index is 409. The number of allylic oxidation sites excluding steroid dienone is 2. The third-order valence-corrected chi connectivity index (χ3v) is 3.03.